The second-order valence-corrected chi connectivity index (χ2v) is 7.80. The molecule has 1 aromatic carbocycles. The molecule has 0 saturated heterocycles. The summed E-state index contributed by atoms with van der Waals surface area (Å²) in [5.74, 6) is -0.0118. The van der Waals surface area contributed by atoms with E-state index >= 15 is 0 Å². The Bertz CT molecular complexity index is 636. The average molecular weight is 308 g/mol. The zero-order valence-electron chi connectivity index (χ0n) is 11.9. The number of fused-ring (bicyclic) bond motifs is 1. The molecular weight excluding hydrogens is 288 g/mol. The Morgan fingerprint density at radius 1 is 1.14 bits per heavy atom. The Morgan fingerprint density at radius 3 is 2.62 bits per heavy atom. The molecule has 2 amide bonds. The van der Waals surface area contributed by atoms with Gasteiger partial charge in [0.1, 0.15) is 0 Å². The summed E-state index contributed by atoms with van der Waals surface area (Å²) in [6, 6.07) is 6.78. The summed E-state index contributed by atoms with van der Waals surface area (Å²) in [5.41, 5.74) is 0.497. The molecule has 0 aromatic heterocycles. The average Bonchev–Trinajstić information content (AvgIpc) is 2.48. The van der Waals surface area contributed by atoms with E-state index in [2.05, 4.69) is 5.32 Å². The van der Waals surface area contributed by atoms with Crippen LogP contribution in [-0.4, -0.2) is 32.8 Å². The van der Waals surface area contributed by atoms with Crippen LogP contribution in [0.15, 0.2) is 29.2 Å². The van der Waals surface area contributed by atoms with Crippen molar-refractivity contribution in [1.29, 1.82) is 0 Å². The van der Waals surface area contributed by atoms with Crippen LogP contribution in [0.2, 0.25) is 0 Å². The number of amides is 2. The van der Waals surface area contributed by atoms with Crippen molar-refractivity contribution in [3.63, 3.8) is 0 Å². The molecule has 1 aliphatic carbocycles. The Morgan fingerprint density at radius 2 is 1.86 bits per heavy atom. The minimum absolute atomic E-state index is 0.0118. The van der Waals surface area contributed by atoms with E-state index in [0.29, 0.717) is 5.69 Å². The van der Waals surface area contributed by atoms with Crippen molar-refractivity contribution in [3.8, 4) is 0 Å². The number of hydrogen-bond acceptors (Lipinski definition) is 3. The van der Waals surface area contributed by atoms with E-state index in [0.717, 1.165) is 25.7 Å². The van der Waals surface area contributed by atoms with Gasteiger partial charge in [-0.2, -0.15) is 0 Å². The molecule has 5 nitrogen and oxygen atoms in total. The van der Waals surface area contributed by atoms with E-state index in [-0.39, 0.29) is 29.3 Å². The number of para-hydroxylation sites is 1. The molecule has 3 rings (SSSR count). The molecule has 1 N–H and O–H groups in total. The van der Waals surface area contributed by atoms with Gasteiger partial charge in [-0.3, -0.25) is 4.90 Å². The molecule has 1 aliphatic heterocycles. The lowest BCUT2D eigenvalue weighted by molar-refractivity contribution is 0.238. The predicted octanol–water partition coefficient (Wildman–Crippen LogP) is 2.32. The highest BCUT2D eigenvalue weighted by atomic mass is 32.2. The van der Waals surface area contributed by atoms with Gasteiger partial charge in [0.05, 0.1) is 16.3 Å². The van der Waals surface area contributed by atoms with Gasteiger partial charge in [0.15, 0.2) is 9.84 Å². The van der Waals surface area contributed by atoms with Crippen molar-refractivity contribution in [2.45, 2.75) is 43.0 Å². The third-order valence-electron chi connectivity index (χ3n) is 4.25. The fourth-order valence-electron chi connectivity index (χ4n) is 3.10. The summed E-state index contributed by atoms with van der Waals surface area (Å²) in [6.45, 7) is 0.220. The summed E-state index contributed by atoms with van der Waals surface area (Å²) in [5, 5.41) is 3.05. The summed E-state index contributed by atoms with van der Waals surface area (Å²) in [7, 11) is -3.26. The second kappa shape index (κ2) is 5.67. The van der Waals surface area contributed by atoms with Crippen LogP contribution in [0, 0.1) is 0 Å². The topological polar surface area (TPSA) is 66.5 Å². The highest BCUT2D eigenvalue weighted by Crippen LogP contribution is 2.30. The van der Waals surface area contributed by atoms with Crippen molar-refractivity contribution in [2.24, 2.45) is 0 Å². The van der Waals surface area contributed by atoms with E-state index in [1.165, 1.54) is 6.42 Å². The van der Waals surface area contributed by atoms with Gasteiger partial charge < -0.3 is 5.32 Å². The third kappa shape index (κ3) is 2.90. The number of anilines is 1. The van der Waals surface area contributed by atoms with Crippen molar-refractivity contribution in [2.75, 3.05) is 17.2 Å². The molecule has 1 saturated carbocycles. The highest BCUT2D eigenvalue weighted by molar-refractivity contribution is 7.91. The molecule has 6 heteroatoms. The van der Waals surface area contributed by atoms with E-state index in [1.807, 2.05) is 0 Å². The van der Waals surface area contributed by atoms with Crippen molar-refractivity contribution >= 4 is 21.6 Å². The van der Waals surface area contributed by atoms with Crippen LogP contribution in [0.25, 0.3) is 0 Å². The maximum atomic E-state index is 12.5. The Kier molecular flexibility index (Phi) is 3.89. The van der Waals surface area contributed by atoms with Crippen LogP contribution in [0.5, 0.6) is 0 Å². The van der Waals surface area contributed by atoms with E-state index < -0.39 is 9.84 Å². The number of sulfone groups is 1. The van der Waals surface area contributed by atoms with Crippen molar-refractivity contribution in [1.82, 2.24) is 5.32 Å². The summed E-state index contributed by atoms with van der Waals surface area (Å²) < 4.78 is 24.1. The second-order valence-electron chi connectivity index (χ2n) is 5.72. The number of hydrogen-bond donors (Lipinski definition) is 1. The van der Waals surface area contributed by atoms with Crippen LogP contribution < -0.4 is 10.2 Å². The number of nitrogens with zero attached hydrogens (tertiary/aromatic N) is 1. The molecule has 114 valence electrons. The number of benzene rings is 1. The van der Waals surface area contributed by atoms with Gasteiger partial charge in [-0.1, -0.05) is 31.4 Å². The van der Waals surface area contributed by atoms with Crippen molar-refractivity contribution < 1.29 is 13.2 Å². The first-order valence-corrected chi connectivity index (χ1v) is 9.13. The predicted molar refractivity (Wildman–Crippen MR) is 81.2 cm³/mol. The van der Waals surface area contributed by atoms with Gasteiger partial charge in [0.2, 0.25) is 0 Å². The van der Waals surface area contributed by atoms with Crippen LogP contribution in [0.3, 0.4) is 0 Å². The molecule has 2 aliphatic rings. The first-order valence-electron chi connectivity index (χ1n) is 7.48. The van der Waals surface area contributed by atoms with Crippen molar-refractivity contribution in [3.05, 3.63) is 24.3 Å². The highest BCUT2D eigenvalue weighted by Gasteiger charge is 2.32. The minimum atomic E-state index is -3.26. The number of carbonyl (C=O) groups excluding carboxylic acids is 1. The van der Waals surface area contributed by atoms with Gasteiger partial charge in [0, 0.05) is 12.6 Å². The van der Waals surface area contributed by atoms with Crippen LogP contribution in [0.4, 0.5) is 10.5 Å². The van der Waals surface area contributed by atoms with Gasteiger partial charge in [-0.15, -0.1) is 0 Å². The minimum Gasteiger partial charge on any atom is -0.335 e. The molecule has 1 heterocycles. The fourth-order valence-corrected chi connectivity index (χ4v) is 4.52. The number of nitrogens with one attached hydrogen (secondary N) is 1. The number of carbonyl (C=O) groups is 1. The maximum absolute atomic E-state index is 12.5. The quantitative estimate of drug-likeness (QED) is 0.866. The smallest absolute Gasteiger partial charge is 0.322 e. The molecule has 0 radical (unpaired) electrons. The molecule has 21 heavy (non-hydrogen) atoms. The lowest BCUT2D eigenvalue weighted by Gasteiger charge is -2.32. The largest absolute Gasteiger partial charge is 0.335 e. The van der Waals surface area contributed by atoms with Crippen LogP contribution >= 0.6 is 0 Å². The zero-order valence-corrected chi connectivity index (χ0v) is 12.7. The van der Waals surface area contributed by atoms with Gasteiger partial charge in [0.25, 0.3) is 0 Å². The maximum Gasteiger partial charge on any atom is 0.322 e. The molecule has 0 atom stereocenters. The monoisotopic (exact) mass is 308 g/mol. The van der Waals surface area contributed by atoms with Crippen LogP contribution in [-0.2, 0) is 9.84 Å². The number of urea groups is 1. The first-order chi connectivity index (χ1) is 10.1. The lowest BCUT2D eigenvalue weighted by Crippen LogP contribution is -2.49. The molecule has 1 aromatic rings. The standard InChI is InChI=1S/C15H20N2O3S/c18-15(16-12-6-2-1-3-7-12)17-10-11-21(19,20)14-9-5-4-8-13(14)17/h4-5,8-9,12H,1-3,6-7,10-11H2,(H,16,18). The molecular formula is C15H20N2O3S. The van der Waals surface area contributed by atoms with E-state index in [9.17, 15) is 13.2 Å². The molecule has 0 spiro atoms. The van der Waals surface area contributed by atoms with Gasteiger partial charge in [-0.25, -0.2) is 13.2 Å². The van der Waals surface area contributed by atoms with Gasteiger partial charge >= 0.3 is 6.03 Å². The Hall–Kier alpha value is -1.56. The summed E-state index contributed by atoms with van der Waals surface area (Å²) in [6.07, 6.45) is 5.56. The third-order valence-corrected chi connectivity index (χ3v) is 5.99. The summed E-state index contributed by atoms with van der Waals surface area (Å²) >= 11 is 0. The SMILES string of the molecule is O=C(NC1CCCCC1)N1CCS(=O)(=O)c2ccccc21. The van der Waals surface area contributed by atoms with Crippen LogP contribution in [0.1, 0.15) is 32.1 Å². The Balaban J connectivity index is 1.81. The fraction of sp³-hybridized carbons (Fsp3) is 0.533. The van der Waals surface area contributed by atoms with Gasteiger partial charge in [-0.05, 0) is 25.0 Å². The lowest BCUT2D eigenvalue weighted by atomic mass is 9.96. The zero-order chi connectivity index (χ0) is 14.9. The van der Waals surface area contributed by atoms with E-state index in [4.69, 9.17) is 0 Å². The van der Waals surface area contributed by atoms with E-state index in [1.54, 1.807) is 29.2 Å². The normalized spacial score (nSPS) is 21.6. The Labute approximate surface area is 125 Å². The molecule has 1 fully saturated rings. The molecule has 0 unspecified atom stereocenters. The summed E-state index contributed by atoms with van der Waals surface area (Å²) in [4.78, 5) is 14.3. The first kappa shape index (κ1) is 14.4. The molecule has 0 bridgehead atoms. The number of rotatable bonds is 1.